The summed E-state index contributed by atoms with van der Waals surface area (Å²) >= 11 is 3.18. The molecule has 18 heavy (non-hydrogen) atoms. The first-order valence-electron chi connectivity index (χ1n) is 5.94. The highest BCUT2D eigenvalue weighted by Gasteiger charge is 2.32. The lowest BCUT2D eigenvalue weighted by molar-refractivity contribution is 0.0992. The molecule has 1 aliphatic rings. The van der Waals surface area contributed by atoms with E-state index in [9.17, 15) is 4.39 Å². The van der Waals surface area contributed by atoms with Crippen molar-refractivity contribution in [3.05, 3.63) is 28.0 Å². The summed E-state index contributed by atoms with van der Waals surface area (Å²) in [5.74, 6) is 0.372. The Hall–Kier alpha value is -0.650. The normalized spacial score (nSPS) is 25.2. The summed E-state index contributed by atoms with van der Waals surface area (Å²) in [6.45, 7) is 2.74. The number of nitrogens with two attached hydrogens (primary N) is 1. The van der Waals surface area contributed by atoms with Gasteiger partial charge >= 0.3 is 0 Å². The maximum atomic E-state index is 13.5. The van der Waals surface area contributed by atoms with Crippen LogP contribution >= 0.6 is 15.9 Å². The van der Waals surface area contributed by atoms with Crippen molar-refractivity contribution in [1.82, 2.24) is 0 Å². The number of hydrogen-bond donors (Lipinski definition) is 1. The van der Waals surface area contributed by atoms with Gasteiger partial charge < -0.3 is 15.2 Å². The second-order valence-corrected chi connectivity index (χ2v) is 5.42. The summed E-state index contributed by atoms with van der Waals surface area (Å²) in [5.41, 5.74) is 7.10. The van der Waals surface area contributed by atoms with E-state index in [0.717, 1.165) is 18.6 Å². The maximum absolute atomic E-state index is 13.5. The Balaban J connectivity index is 2.34. The van der Waals surface area contributed by atoms with Gasteiger partial charge in [0.15, 0.2) is 0 Å². The Bertz CT molecular complexity index is 441. The summed E-state index contributed by atoms with van der Waals surface area (Å²) < 4.78 is 24.6. The Kier molecular flexibility index (Phi) is 4.25. The molecule has 0 spiro atoms. The highest BCUT2D eigenvalue weighted by molar-refractivity contribution is 9.10. The van der Waals surface area contributed by atoms with E-state index in [1.54, 1.807) is 6.07 Å². The number of ether oxygens (including phenoxy) is 2. The molecule has 2 N–H and O–H groups in total. The van der Waals surface area contributed by atoms with Gasteiger partial charge in [-0.2, -0.15) is 0 Å². The Morgan fingerprint density at radius 1 is 1.56 bits per heavy atom. The smallest absolute Gasteiger partial charge is 0.141 e. The zero-order chi connectivity index (χ0) is 13.3. The molecule has 0 saturated carbocycles. The fourth-order valence-electron chi connectivity index (χ4n) is 2.43. The van der Waals surface area contributed by atoms with Crippen LogP contribution < -0.4 is 10.5 Å². The van der Waals surface area contributed by atoms with Gasteiger partial charge in [-0.05, 0) is 35.3 Å². The van der Waals surface area contributed by atoms with Crippen molar-refractivity contribution in [2.45, 2.75) is 25.5 Å². The third kappa shape index (κ3) is 2.53. The average molecular weight is 318 g/mol. The second kappa shape index (κ2) is 5.55. The van der Waals surface area contributed by atoms with Gasteiger partial charge in [-0.15, -0.1) is 0 Å². The molecule has 5 heteroatoms. The standard InChI is InChI=1S/C13H17BrFNO2/c1-7-8(3-4-18-7)13(16)9-5-10(14)11(15)6-12(9)17-2/h5-8,13H,3-4,16H2,1-2H3. The van der Waals surface area contributed by atoms with Crippen molar-refractivity contribution in [3.8, 4) is 5.75 Å². The molecule has 100 valence electrons. The Morgan fingerprint density at radius 2 is 2.28 bits per heavy atom. The molecule has 2 rings (SSSR count). The van der Waals surface area contributed by atoms with Gasteiger partial charge in [0.1, 0.15) is 11.6 Å². The number of halogens is 2. The van der Waals surface area contributed by atoms with Gasteiger partial charge in [0.2, 0.25) is 0 Å². The Morgan fingerprint density at radius 3 is 2.83 bits per heavy atom. The summed E-state index contributed by atoms with van der Waals surface area (Å²) in [6.07, 6.45) is 1.04. The second-order valence-electron chi connectivity index (χ2n) is 4.56. The van der Waals surface area contributed by atoms with Crippen molar-refractivity contribution in [2.75, 3.05) is 13.7 Å². The molecule has 1 aromatic rings. The maximum Gasteiger partial charge on any atom is 0.141 e. The fourth-order valence-corrected chi connectivity index (χ4v) is 2.79. The lowest BCUT2D eigenvalue weighted by Crippen LogP contribution is -2.27. The predicted octanol–water partition coefficient (Wildman–Crippen LogP) is 3.02. The Labute approximate surface area is 115 Å². The number of methoxy groups -OCH3 is 1. The van der Waals surface area contributed by atoms with Crippen LogP contribution in [0.2, 0.25) is 0 Å². The largest absolute Gasteiger partial charge is 0.496 e. The highest BCUT2D eigenvalue weighted by atomic mass is 79.9. The minimum Gasteiger partial charge on any atom is -0.496 e. The van der Waals surface area contributed by atoms with E-state index in [2.05, 4.69) is 15.9 Å². The molecule has 0 amide bonds. The third-order valence-corrected chi connectivity index (χ3v) is 4.14. The van der Waals surface area contributed by atoms with E-state index in [0.29, 0.717) is 10.2 Å². The molecule has 3 nitrogen and oxygen atoms in total. The zero-order valence-corrected chi connectivity index (χ0v) is 12.0. The zero-order valence-electron chi connectivity index (χ0n) is 10.5. The predicted molar refractivity (Wildman–Crippen MR) is 71.1 cm³/mol. The number of hydrogen-bond acceptors (Lipinski definition) is 3. The topological polar surface area (TPSA) is 44.5 Å². The first-order chi connectivity index (χ1) is 8.54. The first kappa shape index (κ1) is 13.8. The summed E-state index contributed by atoms with van der Waals surface area (Å²) in [7, 11) is 1.52. The molecular formula is C13H17BrFNO2. The first-order valence-corrected chi connectivity index (χ1v) is 6.74. The molecule has 1 saturated heterocycles. The average Bonchev–Trinajstić information content (AvgIpc) is 2.77. The van der Waals surface area contributed by atoms with Crippen LogP contribution in [-0.4, -0.2) is 19.8 Å². The minimum atomic E-state index is -0.349. The van der Waals surface area contributed by atoms with Gasteiger partial charge in [-0.1, -0.05) is 0 Å². The van der Waals surface area contributed by atoms with Gasteiger partial charge in [0, 0.05) is 30.2 Å². The molecule has 3 unspecified atom stereocenters. The third-order valence-electron chi connectivity index (χ3n) is 3.53. The van der Waals surface area contributed by atoms with E-state index in [-0.39, 0.29) is 23.9 Å². The van der Waals surface area contributed by atoms with E-state index in [1.165, 1.54) is 13.2 Å². The van der Waals surface area contributed by atoms with E-state index < -0.39 is 0 Å². The van der Waals surface area contributed by atoms with E-state index in [1.807, 2.05) is 6.92 Å². The molecular weight excluding hydrogens is 301 g/mol. The SMILES string of the molecule is COc1cc(F)c(Br)cc1C(N)C1CCOC1C. The van der Waals surface area contributed by atoms with Crippen molar-refractivity contribution in [2.24, 2.45) is 11.7 Å². The van der Waals surface area contributed by atoms with Crippen LogP contribution in [-0.2, 0) is 4.74 Å². The molecule has 1 aliphatic heterocycles. The fraction of sp³-hybridized carbons (Fsp3) is 0.538. The minimum absolute atomic E-state index is 0.119. The van der Waals surface area contributed by atoms with Gasteiger partial charge in [-0.3, -0.25) is 0 Å². The van der Waals surface area contributed by atoms with Crippen molar-refractivity contribution >= 4 is 15.9 Å². The van der Waals surface area contributed by atoms with E-state index >= 15 is 0 Å². The van der Waals surface area contributed by atoms with Gasteiger partial charge in [-0.25, -0.2) is 4.39 Å². The van der Waals surface area contributed by atoms with Crippen LogP contribution in [0, 0.1) is 11.7 Å². The van der Waals surface area contributed by atoms with Crippen LogP contribution in [0.25, 0.3) is 0 Å². The van der Waals surface area contributed by atoms with Crippen LogP contribution in [0.4, 0.5) is 4.39 Å². The molecule has 3 atom stereocenters. The van der Waals surface area contributed by atoms with E-state index in [4.69, 9.17) is 15.2 Å². The van der Waals surface area contributed by atoms with Crippen molar-refractivity contribution in [1.29, 1.82) is 0 Å². The summed E-state index contributed by atoms with van der Waals surface area (Å²) in [5, 5.41) is 0. The highest BCUT2D eigenvalue weighted by Crippen LogP contribution is 2.37. The van der Waals surface area contributed by atoms with Crippen LogP contribution in [0.15, 0.2) is 16.6 Å². The number of benzene rings is 1. The molecule has 1 heterocycles. The molecule has 0 radical (unpaired) electrons. The van der Waals surface area contributed by atoms with Gasteiger partial charge in [0.05, 0.1) is 17.7 Å². The number of rotatable bonds is 3. The molecule has 1 aromatic carbocycles. The lowest BCUT2D eigenvalue weighted by Gasteiger charge is -2.24. The molecule has 0 bridgehead atoms. The monoisotopic (exact) mass is 317 g/mol. The van der Waals surface area contributed by atoms with Gasteiger partial charge in [0.25, 0.3) is 0 Å². The van der Waals surface area contributed by atoms with Crippen LogP contribution in [0.5, 0.6) is 5.75 Å². The molecule has 1 fully saturated rings. The van der Waals surface area contributed by atoms with Crippen molar-refractivity contribution < 1.29 is 13.9 Å². The van der Waals surface area contributed by atoms with Crippen LogP contribution in [0.3, 0.4) is 0 Å². The quantitative estimate of drug-likeness (QED) is 0.932. The summed E-state index contributed by atoms with van der Waals surface area (Å²) in [6, 6.07) is 2.85. The molecule has 0 aliphatic carbocycles. The van der Waals surface area contributed by atoms with Crippen LogP contribution in [0.1, 0.15) is 24.9 Å². The van der Waals surface area contributed by atoms with Crippen molar-refractivity contribution in [3.63, 3.8) is 0 Å². The summed E-state index contributed by atoms with van der Waals surface area (Å²) in [4.78, 5) is 0. The lowest BCUT2D eigenvalue weighted by atomic mass is 9.88. The molecule has 0 aromatic heterocycles.